The maximum atomic E-state index is 15.6. The van der Waals surface area contributed by atoms with Crippen LogP contribution >= 0.6 is 11.6 Å². The smallest absolute Gasteiger partial charge is 0.410 e. The summed E-state index contributed by atoms with van der Waals surface area (Å²) < 4.78 is 26.8. The van der Waals surface area contributed by atoms with Crippen LogP contribution in [0.3, 0.4) is 0 Å². The number of ether oxygens (including phenoxy) is 2. The number of amides is 1. The molecule has 0 radical (unpaired) electrons. The molecule has 0 aromatic carbocycles. The number of aromatic nitrogens is 1. The minimum atomic E-state index is -1.14. The highest BCUT2D eigenvalue weighted by atomic mass is 35.5. The van der Waals surface area contributed by atoms with E-state index >= 15 is 4.39 Å². The molecule has 0 aliphatic carbocycles. The summed E-state index contributed by atoms with van der Waals surface area (Å²) in [5.41, 5.74) is -2.50. The molecule has 1 saturated heterocycles. The minimum absolute atomic E-state index is 0.00372. The largest absolute Gasteiger partial charge is 0.460 e. The number of carbonyl (C=O) groups is 2. The van der Waals surface area contributed by atoms with Gasteiger partial charge in [0.25, 0.3) is 0 Å². The van der Waals surface area contributed by atoms with Gasteiger partial charge in [-0.3, -0.25) is 4.79 Å². The van der Waals surface area contributed by atoms with Crippen LogP contribution in [0.5, 0.6) is 0 Å². The first kappa shape index (κ1) is 29.3. The molecule has 1 fully saturated rings. The summed E-state index contributed by atoms with van der Waals surface area (Å²) in [6.07, 6.45) is -1.13. The van der Waals surface area contributed by atoms with Crippen molar-refractivity contribution in [2.75, 3.05) is 6.54 Å². The van der Waals surface area contributed by atoms with Gasteiger partial charge in [0.15, 0.2) is 5.82 Å². The van der Waals surface area contributed by atoms with Crippen molar-refractivity contribution in [3.05, 3.63) is 28.3 Å². The molecule has 3 atom stereocenters. The molecule has 1 aliphatic heterocycles. The van der Waals surface area contributed by atoms with Gasteiger partial charge in [-0.1, -0.05) is 25.4 Å². The highest BCUT2D eigenvalue weighted by molar-refractivity contribution is 6.29. The number of piperidine rings is 1. The molecule has 198 valence electrons. The van der Waals surface area contributed by atoms with Crippen LogP contribution in [0.15, 0.2) is 6.07 Å². The Morgan fingerprint density at radius 2 is 1.80 bits per heavy atom. The molecule has 9 heteroatoms. The molecule has 1 unspecified atom stereocenters. The van der Waals surface area contributed by atoms with Crippen LogP contribution in [-0.4, -0.2) is 50.8 Å². The molecular weight excluding hydrogens is 475 g/mol. The van der Waals surface area contributed by atoms with E-state index in [1.54, 1.807) is 60.3 Å². The quantitative estimate of drug-likeness (QED) is 0.391. The van der Waals surface area contributed by atoms with E-state index in [2.05, 4.69) is 4.98 Å². The minimum Gasteiger partial charge on any atom is -0.460 e. The van der Waals surface area contributed by atoms with Gasteiger partial charge in [0.2, 0.25) is 0 Å². The molecule has 2 rings (SSSR count). The van der Waals surface area contributed by atoms with Crippen molar-refractivity contribution in [2.45, 2.75) is 105 Å². The topological polar surface area (TPSA) is 89.0 Å². The van der Waals surface area contributed by atoms with Gasteiger partial charge in [-0.25, -0.2) is 14.2 Å². The van der Waals surface area contributed by atoms with Crippen LogP contribution in [0.25, 0.3) is 0 Å². The van der Waals surface area contributed by atoms with Gasteiger partial charge in [0.1, 0.15) is 16.4 Å². The Hall–Kier alpha value is -1.93. The Bertz CT molecular complexity index is 941. The number of nitrogens with zero attached hydrogens (tertiary/aromatic N) is 2. The molecule has 1 amide bonds. The summed E-state index contributed by atoms with van der Waals surface area (Å²) in [6, 6.07) is 0.952. The number of esters is 1. The summed E-state index contributed by atoms with van der Waals surface area (Å²) in [5.74, 6) is -1.40. The maximum absolute atomic E-state index is 15.6. The molecule has 35 heavy (non-hydrogen) atoms. The van der Waals surface area contributed by atoms with E-state index in [0.29, 0.717) is 0 Å². The number of aliphatic hydroxyl groups is 1. The van der Waals surface area contributed by atoms with Crippen molar-refractivity contribution < 1.29 is 28.6 Å². The number of carbonyl (C=O) groups excluding carboxylic acids is 2. The SMILES string of the molecule is CC(C)C(O)c1cc(Cl)nc(C[C@@]2(C(=O)OC(C)(C)C)CCN(C(=O)OC(C)(C)C)[C@H](C)C2)c1F. The van der Waals surface area contributed by atoms with Crippen molar-refractivity contribution in [3.63, 3.8) is 0 Å². The third-order valence-corrected chi connectivity index (χ3v) is 6.18. The lowest BCUT2D eigenvalue weighted by atomic mass is 9.72. The van der Waals surface area contributed by atoms with Crippen molar-refractivity contribution >= 4 is 23.7 Å². The average molecular weight is 515 g/mol. The van der Waals surface area contributed by atoms with Crippen LogP contribution < -0.4 is 0 Å². The van der Waals surface area contributed by atoms with Crippen LogP contribution in [0, 0.1) is 17.2 Å². The van der Waals surface area contributed by atoms with Crippen LogP contribution in [-0.2, 0) is 20.7 Å². The molecule has 1 aromatic heterocycles. The van der Waals surface area contributed by atoms with Crippen molar-refractivity contribution in [1.29, 1.82) is 0 Å². The van der Waals surface area contributed by atoms with Crippen LogP contribution in [0.4, 0.5) is 9.18 Å². The molecule has 1 aliphatic rings. The Morgan fingerprint density at radius 1 is 1.23 bits per heavy atom. The van der Waals surface area contributed by atoms with E-state index in [4.69, 9.17) is 21.1 Å². The monoisotopic (exact) mass is 514 g/mol. The van der Waals surface area contributed by atoms with Gasteiger partial charge in [-0.2, -0.15) is 0 Å². The number of aliphatic hydroxyl groups excluding tert-OH is 1. The van der Waals surface area contributed by atoms with Crippen molar-refractivity contribution in [3.8, 4) is 0 Å². The normalized spacial score (nSPS) is 22.2. The molecule has 0 spiro atoms. The molecule has 2 heterocycles. The lowest BCUT2D eigenvalue weighted by molar-refractivity contribution is -0.172. The number of rotatable bonds is 5. The van der Waals surface area contributed by atoms with Crippen molar-refractivity contribution in [2.24, 2.45) is 11.3 Å². The number of halogens is 2. The van der Waals surface area contributed by atoms with Gasteiger partial charge in [-0.15, -0.1) is 0 Å². The van der Waals surface area contributed by atoms with E-state index in [-0.39, 0.29) is 54.2 Å². The first-order valence-electron chi connectivity index (χ1n) is 12.1. The number of likely N-dealkylation sites (tertiary alicyclic amines) is 1. The van der Waals surface area contributed by atoms with Gasteiger partial charge in [-0.05, 0) is 73.3 Å². The second-order valence-electron chi connectivity index (χ2n) is 11.9. The fourth-order valence-electron chi connectivity index (χ4n) is 4.31. The fourth-order valence-corrected chi connectivity index (χ4v) is 4.53. The molecule has 7 nitrogen and oxygen atoms in total. The zero-order valence-corrected chi connectivity index (χ0v) is 23.1. The highest BCUT2D eigenvalue weighted by Crippen LogP contribution is 2.42. The van der Waals surface area contributed by atoms with E-state index < -0.39 is 40.6 Å². The van der Waals surface area contributed by atoms with Crippen LogP contribution in [0.1, 0.15) is 92.5 Å². The number of hydrogen-bond acceptors (Lipinski definition) is 6. The zero-order valence-electron chi connectivity index (χ0n) is 22.4. The second kappa shape index (κ2) is 10.6. The third kappa shape index (κ3) is 7.53. The first-order valence-corrected chi connectivity index (χ1v) is 12.5. The first-order chi connectivity index (χ1) is 15.8. The van der Waals surface area contributed by atoms with E-state index in [9.17, 15) is 14.7 Å². The molecule has 0 bridgehead atoms. The van der Waals surface area contributed by atoms with Crippen molar-refractivity contribution in [1.82, 2.24) is 9.88 Å². The Labute approximate surface area is 213 Å². The highest BCUT2D eigenvalue weighted by Gasteiger charge is 2.49. The number of pyridine rings is 1. The maximum Gasteiger partial charge on any atom is 0.410 e. The predicted octanol–water partition coefficient (Wildman–Crippen LogP) is 5.85. The van der Waals surface area contributed by atoms with E-state index in [1.165, 1.54) is 6.07 Å². The summed E-state index contributed by atoms with van der Waals surface area (Å²) in [7, 11) is 0. The summed E-state index contributed by atoms with van der Waals surface area (Å²) in [4.78, 5) is 32.0. The number of hydrogen-bond donors (Lipinski definition) is 1. The Morgan fingerprint density at radius 3 is 2.29 bits per heavy atom. The Kier molecular flexibility index (Phi) is 8.87. The lowest BCUT2D eigenvalue weighted by Gasteiger charge is -2.45. The molecule has 1 aromatic rings. The third-order valence-electron chi connectivity index (χ3n) is 5.99. The summed E-state index contributed by atoms with van der Waals surface area (Å²) in [5, 5.41) is 10.6. The lowest BCUT2D eigenvalue weighted by Crippen LogP contribution is -2.54. The molecule has 0 saturated carbocycles. The average Bonchev–Trinajstić information content (AvgIpc) is 2.67. The van der Waals surface area contributed by atoms with Gasteiger partial charge in [0.05, 0.1) is 17.2 Å². The Balaban J connectivity index is 2.46. The van der Waals surface area contributed by atoms with Gasteiger partial charge >= 0.3 is 12.1 Å². The summed E-state index contributed by atoms with van der Waals surface area (Å²) >= 11 is 6.20. The fraction of sp³-hybridized carbons (Fsp3) is 0.731. The van der Waals surface area contributed by atoms with Gasteiger partial charge in [0, 0.05) is 24.6 Å². The van der Waals surface area contributed by atoms with Crippen LogP contribution in [0.2, 0.25) is 5.15 Å². The molecular formula is C26H40ClFN2O5. The molecule has 1 N–H and O–H groups in total. The van der Waals surface area contributed by atoms with E-state index in [1.807, 2.05) is 6.92 Å². The zero-order chi connectivity index (χ0) is 26.9. The predicted molar refractivity (Wildman–Crippen MR) is 133 cm³/mol. The standard InChI is InChI=1S/C26H40ClFN2O5/c1-15(2)21(31)17-12-19(27)29-18(20(17)28)14-26(22(32)34-24(4,5)6)10-11-30(16(3)13-26)23(33)35-25(7,8)9/h12,15-16,21,31H,10-11,13-14H2,1-9H3/t16-,21?,26-/m1/s1. The van der Waals surface area contributed by atoms with E-state index in [0.717, 1.165) is 0 Å². The van der Waals surface area contributed by atoms with Gasteiger partial charge < -0.3 is 19.5 Å². The summed E-state index contributed by atoms with van der Waals surface area (Å²) in [6.45, 7) is 16.3. The second-order valence-corrected chi connectivity index (χ2v) is 12.3.